The number of carbonyl (C=O) groups is 1. The van der Waals surface area contributed by atoms with Crippen molar-refractivity contribution in [3.8, 4) is 0 Å². The maximum absolute atomic E-state index is 13.1. The smallest absolute Gasteiger partial charge is 0.321 e. The molecule has 2 aromatic heterocycles. The Labute approximate surface area is 139 Å². The van der Waals surface area contributed by atoms with Gasteiger partial charge in [-0.05, 0) is 30.9 Å². The van der Waals surface area contributed by atoms with Gasteiger partial charge in [0.25, 0.3) is 0 Å². The molecule has 6 nitrogen and oxygen atoms in total. The summed E-state index contributed by atoms with van der Waals surface area (Å²) >= 11 is 0. The van der Waals surface area contributed by atoms with E-state index in [9.17, 15) is 14.3 Å². The van der Waals surface area contributed by atoms with E-state index in [0.29, 0.717) is 37.3 Å². The van der Waals surface area contributed by atoms with Gasteiger partial charge in [-0.15, -0.1) is 0 Å². The number of aromatic nitrogens is 2. The lowest BCUT2D eigenvalue weighted by molar-refractivity contribution is 0.0652. The summed E-state index contributed by atoms with van der Waals surface area (Å²) in [6.45, 7) is 1.06. The Morgan fingerprint density at radius 2 is 2.12 bits per heavy atom. The number of nitrogens with one attached hydrogen (secondary N) is 1. The van der Waals surface area contributed by atoms with Crippen LogP contribution in [0.2, 0.25) is 0 Å². The van der Waals surface area contributed by atoms with Crippen molar-refractivity contribution in [2.24, 2.45) is 5.92 Å². The summed E-state index contributed by atoms with van der Waals surface area (Å²) in [7, 11) is 0. The van der Waals surface area contributed by atoms with Crippen LogP contribution in [0, 0.1) is 11.7 Å². The third kappa shape index (κ3) is 3.86. The van der Waals surface area contributed by atoms with Gasteiger partial charge in [0.2, 0.25) is 0 Å². The van der Waals surface area contributed by atoms with Gasteiger partial charge in [0.1, 0.15) is 5.82 Å². The second-order valence-corrected chi connectivity index (χ2v) is 5.85. The second-order valence-electron chi connectivity index (χ2n) is 5.85. The van der Waals surface area contributed by atoms with Crippen LogP contribution in [0.25, 0.3) is 0 Å². The molecule has 3 heterocycles. The minimum absolute atomic E-state index is 0.0692. The van der Waals surface area contributed by atoms with E-state index in [2.05, 4.69) is 15.3 Å². The number of aliphatic hydroxyl groups is 1. The first-order chi connectivity index (χ1) is 11.6. The standard InChI is InChI=1S/C17H19FN4O2/c18-13-9-14(11-19-10-13)21-17(24)22-7-4-12(5-8-22)16(23)15-3-1-2-6-20-15/h1-3,6,9-12,16,23H,4-5,7-8H2,(H,21,24)/t16-/m1/s1. The van der Waals surface area contributed by atoms with E-state index in [0.717, 1.165) is 6.20 Å². The van der Waals surface area contributed by atoms with Crippen LogP contribution in [-0.2, 0) is 0 Å². The number of anilines is 1. The predicted molar refractivity (Wildman–Crippen MR) is 86.7 cm³/mol. The zero-order valence-corrected chi connectivity index (χ0v) is 13.1. The third-order valence-corrected chi connectivity index (χ3v) is 4.22. The van der Waals surface area contributed by atoms with E-state index in [-0.39, 0.29) is 11.9 Å². The van der Waals surface area contributed by atoms with Gasteiger partial charge in [-0.1, -0.05) is 6.07 Å². The highest BCUT2D eigenvalue weighted by Gasteiger charge is 2.28. The van der Waals surface area contributed by atoms with Crippen LogP contribution in [0.1, 0.15) is 24.6 Å². The molecule has 0 spiro atoms. The Morgan fingerprint density at radius 3 is 2.79 bits per heavy atom. The van der Waals surface area contributed by atoms with Crippen molar-refractivity contribution in [1.29, 1.82) is 0 Å². The maximum atomic E-state index is 13.1. The maximum Gasteiger partial charge on any atom is 0.321 e. The number of hydrogen-bond acceptors (Lipinski definition) is 4. The van der Waals surface area contributed by atoms with E-state index in [1.807, 2.05) is 12.1 Å². The average molecular weight is 330 g/mol. The largest absolute Gasteiger partial charge is 0.387 e. The molecule has 126 valence electrons. The number of hydrogen-bond donors (Lipinski definition) is 2. The molecule has 0 saturated carbocycles. The van der Waals surface area contributed by atoms with Crippen molar-refractivity contribution in [3.05, 3.63) is 54.4 Å². The number of pyridine rings is 2. The molecule has 7 heteroatoms. The Balaban J connectivity index is 1.54. The van der Waals surface area contributed by atoms with Crippen molar-refractivity contribution < 1.29 is 14.3 Å². The summed E-state index contributed by atoms with van der Waals surface area (Å²) in [4.78, 5) is 21.8. The quantitative estimate of drug-likeness (QED) is 0.907. The minimum atomic E-state index is -0.621. The summed E-state index contributed by atoms with van der Waals surface area (Å²) in [6, 6.07) is 6.41. The monoisotopic (exact) mass is 330 g/mol. The van der Waals surface area contributed by atoms with Gasteiger partial charge in [0.05, 0.1) is 29.9 Å². The molecule has 1 aliphatic rings. The zero-order valence-electron chi connectivity index (χ0n) is 13.1. The molecular weight excluding hydrogens is 311 g/mol. The Bertz CT molecular complexity index is 690. The lowest BCUT2D eigenvalue weighted by atomic mass is 9.89. The highest BCUT2D eigenvalue weighted by molar-refractivity contribution is 5.89. The molecule has 0 unspecified atom stereocenters. The van der Waals surface area contributed by atoms with Crippen LogP contribution >= 0.6 is 0 Å². The van der Waals surface area contributed by atoms with E-state index in [4.69, 9.17) is 0 Å². The van der Waals surface area contributed by atoms with Crippen LogP contribution in [-0.4, -0.2) is 39.1 Å². The van der Waals surface area contributed by atoms with Crippen LogP contribution in [0.3, 0.4) is 0 Å². The fourth-order valence-electron chi connectivity index (χ4n) is 2.89. The lowest BCUT2D eigenvalue weighted by Gasteiger charge is -2.34. The summed E-state index contributed by atoms with van der Waals surface area (Å²) in [5.74, 6) is -0.426. The van der Waals surface area contributed by atoms with Gasteiger partial charge in [-0.2, -0.15) is 0 Å². The average Bonchev–Trinajstić information content (AvgIpc) is 2.62. The molecule has 1 atom stereocenters. The Hall–Kier alpha value is -2.54. The van der Waals surface area contributed by atoms with Crippen molar-refractivity contribution in [2.45, 2.75) is 18.9 Å². The highest BCUT2D eigenvalue weighted by Crippen LogP contribution is 2.29. The fraction of sp³-hybridized carbons (Fsp3) is 0.353. The molecular formula is C17H19FN4O2. The summed E-state index contributed by atoms with van der Waals surface area (Å²) in [5.41, 5.74) is 0.988. The number of halogens is 1. The molecule has 2 N–H and O–H groups in total. The van der Waals surface area contributed by atoms with Gasteiger partial charge >= 0.3 is 6.03 Å². The van der Waals surface area contributed by atoms with E-state index < -0.39 is 11.9 Å². The summed E-state index contributed by atoms with van der Waals surface area (Å²) in [6.07, 6.45) is 4.90. The number of likely N-dealkylation sites (tertiary alicyclic amines) is 1. The third-order valence-electron chi connectivity index (χ3n) is 4.22. The lowest BCUT2D eigenvalue weighted by Crippen LogP contribution is -2.42. The first-order valence-corrected chi connectivity index (χ1v) is 7.89. The van der Waals surface area contributed by atoms with Crippen LogP contribution < -0.4 is 5.32 Å². The molecule has 3 rings (SSSR count). The number of rotatable bonds is 3. The molecule has 0 radical (unpaired) electrons. The van der Waals surface area contributed by atoms with Crippen molar-refractivity contribution in [2.75, 3.05) is 18.4 Å². The van der Waals surface area contributed by atoms with Gasteiger partial charge < -0.3 is 15.3 Å². The minimum Gasteiger partial charge on any atom is -0.387 e. The second kappa shape index (κ2) is 7.35. The molecule has 1 saturated heterocycles. The Kier molecular flexibility index (Phi) is 5.00. The topological polar surface area (TPSA) is 78.4 Å². The number of aliphatic hydroxyl groups excluding tert-OH is 1. The van der Waals surface area contributed by atoms with Crippen molar-refractivity contribution in [3.63, 3.8) is 0 Å². The van der Waals surface area contributed by atoms with Crippen LogP contribution in [0.5, 0.6) is 0 Å². The fourth-order valence-corrected chi connectivity index (χ4v) is 2.89. The number of carbonyl (C=O) groups excluding carboxylic acids is 1. The van der Waals surface area contributed by atoms with E-state index in [1.165, 1.54) is 12.3 Å². The number of piperidine rings is 1. The van der Waals surface area contributed by atoms with Gasteiger partial charge in [0, 0.05) is 25.4 Å². The van der Waals surface area contributed by atoms with Crippen molar-refractivity contribution >= 4 is 11.7 Å². The molecule has 0 bridgehead atoms. The summed E-state index contributed by atoms with van der Waals surface area (Å²) < 4.78 is 13.1. The molecule has 24 heavy (non-hydrogen) atoms. The molecule has 1 fully saturated rings. The molecule has 2 aromatic rings. The molecule has 2 amide bonds. The first-order valence-electron chi connectivity index (χ1n) is 7.89. The zero-order chi connectivity index (χ0) is 16.9. The van der Waals surface area contributed by atoms with E-state index in [1.54, 1.807) is 17.2 Å². The molecule has 1 aliphatic heterocycles. The predicted octanol–water partition coefficient (Wildman–Crippen LogP) is 2.59. The SMILES string of the molecule is O=C(Nc1cncc(F)c1)N1CCC([C@@H](O)c2ccccn2)CC1. The normalized spacial score (nSPS) is 16.7. The van der Waals surface area contributed by atoms with Gasteiger partial charge in [-0.25, -0.2) is 9.18 Å². The Morgan fingerprint density at radius 1 is 1.33 bits per heavy atom. The van der Waals surface area contributed by atoms with Crippen molar-refractivity contribution in [1.82, 2.24) is 14.9 Å². The van der Waals surface area contributed by atoms with E-state index >= 15 is 0 Å². The van der Waals surface area contributed by atoms with Gasteiger partial charge in [-0.3, -0.25) is 9.97 Å². The van der Waals surface area contributed by atoms with Crippen LogP contribution in [0.15, 0.2) is 42.9 Å². The first kappa shape index (κ1) is 16.3. The van der Waals surface area contributed by atoms with Crippen LogP contribution in [0.4, 0.5) is 14.9 Å². The number of urea groups is 1. The highest BCUT2D eigenvalue weighted by atomic mass is 19.1. The number of amides is 2. The molecule has 0 aromatic carbocycles. The molecule has 0 aliphatic carbocycles. The van der Waals surface area contributed by atoms with Gasteiger partial charge in [0.15, 0.2) is 0 Å². The summed E-state index contributed by atoms with van der Waals surface area (Å²) in [5, 5.41) is 13.0. The number of nitrogens with zero attached hydrogens (tertiary/aromatic N) is 3.